The highest BCUT2D eigenvalue weighted by molar-refractivity contribution is 5.29. The summed E-state index contributed by atoms with van der Waals surface area (Å²) in [5, 5.41) is 20.2. The van der Waals surface area contributed by atoms with Gasteiger partial charge < -0.3 is 14.9 Å². The number of allylic oxidation sites excluding steroid dienone is 3. The molecule has 0 aromatic heterocycles. The molecule has 0 spiro atoms. The maximum atomic E-state index is 10.1. The van der Waals surface area contributed by atoms with Crippen LogP contribution in [0.1, 0.15) is 71.6 Å². The first kappa shape index (κ1) is 20.4. The topological polar surface area (TPSA) is 53.0 Å². The number of fused-ring (bicyclic) bond motifs is 1. The molecule has 4 rings (SSSR count). The van der Waals surface area contributed by atoms with Gasteiger partial charge in [-0.25, -0.2) is 0 Å². The number of aliphatic hydroxyl groups is 2. The minimum atomic E-state index is -0.600. The SMILES string of the molecule is C=C1[C@H](O)CC(=C/C=C2\CCC[C@]3(C)[C@@H]([C@H](C)CCC4CO4)CC[C@@H]23)C[C@H]1O. The number of epoxide rings is 1. The molecule has 1 unspecified atom stereocenters. The van der Waals surface area contributed by atoms with Gasteiger partial charge in [0, 0.05) is 0 Å². The van der Waals surface area contributed by atoms with Crippen LogP contribution < -0.4 is 0 Å². The van der Waals surface area contributed by atoms with Gasteiger partial charge >= 0.3 is 0 Å². The third-order valence-corrected chi connectivity index (χ3v) is 8.37. The zero-order valence-electron chi connectivity index (χ0n) is 17.7. The minimum Gasteiger partial charge on any atom is -0.388 e. The third kappa shape index (κ3) is 4.04. The van der Waals surface area contributed by atoms with Crippen LogP contribution >= 0.6 is 0 Å². The van der Waals surface area contributed by atoms with Crippen LogP contribution in [0.4, 0.5) is 0 Å². The molecule has 0 aromatic rings. The quantitative estimate of drug-likeness (QED) is 0.520. The maximum Gasteiger partial charge on any atom is 0.0810 e. The molecule has 0 bridgehead atoms. The first-order chi connectivity index (χ1) is 13.4. The summed E-state index contributed by atoms with van der Waals surface area (Å²) in [6, 6.07) is 0. The van der Waals surface area contributed by atoms with Crippen molar-refractivity contribution in [2.24, 2.45) is 23.2 Å². The fourth-order valence-corrected chi connectivity index (χ4v) is 6.52. The van der Waals surface area contributed by atoms with Gasteiger partial charge in [-0.05, 0) is 86.5 Å². The lowest BCUT2D eigenvalue weighted by Crippen LogP contribution is -2.36. The summed E-state index contributed by atoms with van der Waals surface area (Å²) < 4.78 is 5.43. The van der Waals surface area contributed by atoms with E-state index >= 15 is 0 Å². The molecule has 3 heteroatoms. The predicted octanol–water partition coefficient (Wildman–Crippen LogP) is 4.94. The Kier molecular flexibility index (Phi) is 5.88. The fourth-order valence-electron chi connectivity index (χ4n) is 6.52. The van der Waals surface area contributed by atoms with Crippen LogP contribution in [0.2, 0.25) is 0 Å². The van der Waals surface area contributed by atoms with Crippen LogP contribution in [0.25, 0.3) is 0 Å². The summed E-state index contributed by atoms with van der Waals surface area (Å²) in [5.74, 6) is 2.32. The molecule has 3 nitrogen and oxygen atoms in total. The van der Waals surface area contributed by atoms with Gasteiger partial charge in [0.05, 0.1) is 24.9 Å². The Morgan fingerprint density at radius 3 is 2.61 bits per heavy atom. The van der Waals surface area contributed by atoms with E-state index in [4.69, 9.17) is 4.74 Å². The standard InChI is InChI=1S/C25H38O3/c1-16(6-9-20-15-28-20)21-10-11-22-19(5-4-12-25(21,22)3)8-7-18-13-23(26)17(2)24(27)14-18/h7-8,16,20-24,26-27H,2,4-6,9-15H2,1,3H3/b19-8+/t16-,20?,21-,22+,23-,24-,25-/m1/s1. The van der Waals surface area contributed by atoms with Crippen LogP contribution in [-0.4, -0.2) is 35.1 Å². The molecule has 1 aliphatic heterocycles. The van der Waals surface area contributed by atoms with Gasteiger partial charge in [-0.15, -0.1) is 0 Å². The van der Waals surface area contributed by atoms with Crippen LogP contribution in [0, 0.1) is 23.2 Å². The zero-order chi connectivity index (χ0) is 19.9. The van der Waals surface area contributed by atoms with Crippen molar-refractivity contribution in [3.8, 4) is 0 Å². The molecule has 4 fully saturated rings. The van der Waals surface area contributed by atoms with Crippen LogP contribution in [-0.2, 0) is 4.74 Å². The molecule has 3 aliphatic carbocycles. The first-order valence-electron chi connectivity index (χ1n) is 11.4. The molecular formula is C25H38O3. The smallest absolute Gasteiger partial charge is 0.0810 e. The Balaban J connectivity index is 1.45. The van der Waals surface area contributed by atoms with Crippen molar-refractivity contribution >= 4 is 0 Å². The summed E-state index contributed by atoms with van der Waals surface area (Å²) in [5.41, 5.74) is 3.76. The average molecular weight is 387 g/mol. The van der Waals surface area contributed by atoms with Crippen molar-refractivity contribution in [3.63, 3.8) is 0 Å². The highest BCUT2D eigenvalue weighted by Gasteiger charge is 2.50. The number of hydrogen-bond donors (Lipinski definition) is 2. The lowest BCUT2D eigenvalue weighted by molar-refractivity contribution is 0.0925. The lowest BCUT2D eigenvalue weighted by Gasteiger charge is -2.44. The molecular weight excluding hydrogens is 348 g/mol. The number of ether oxygens (including phenoxy) is 1. The number of rotatable bonds is 5. The predicted molar refractivity (Wildman–Crippen MR) is 113 cm³/mol. The molecule has 1 saturated heterocycles. The lowest BCUT2D eigenvalue weighted by atomic mass is 9.60. The first-order valence-corrected chi connectivity index (χ1v) is 11.4. The van der Waals surface area contributed by atoms with Crippen molar-refractivity contribution in [3.05, 3.63) is 35.5 Å². The third-order valence-electron chi connectivity index (χ3n) is 8.37. The van der Waals surface area contributed by atoms with Crippen LogP contribution in [0.5, 0.6) is 0 Å². The Bertz CT molecular complexity index is 643. The molecule has 0 amide bonds. The van der Waals surface area contributed by atoms with Gasteiger partial charge in [-0.2, -0.15) is 0 Å². The molecule has 0 radical (unpaired) electrons. The second kappa shape index (κ2) is 8.08. The Morgan fingerprint density at radius 2 is 1.93 bits per heavy atom. The van der Waals surface area contributed by atoms with E-state index in [1.54, 1.807) is 5.57 Å². The summed E-state index contributed by atoms with van der Waals surface area (Å²) in [6.45, 7) is 9.82. The van der Waals surface area contributed by atoms with Gasteiger partial charge in [0.15, 0.2) is 0 Å². The van der Waals surface area contributed by atoms with Crippen LogP contribution in [0.15, 0.2) is 35.5 Å². The minimum absolute atomic E-state index is 0.437. The van der Waals surface area contributed by atoms with E-state index in [9.17, 15) is 10.2 Å². The van der Waals surface area contributed by atoms with Crippen molar-refractivity contribution in [1.82, 2.24) is 0 Å². The van der Waals surface area contributed by atoms with Gasteiger partial charge in [-0.3, -0.25) is 0 Å². The van der Waals surface area contributed by atoms with Crippen molar-refractivity contribution < 1.29 is 14.9 Å². The highest BCUT2D eigenvalue weighted by atomic mass is 16.6. The van der Waals surface area contributed by atoms with Crippen LogP contribution in [0.3, 0.4) is 0 Å². The highest BCUT2D eigenvalue weighted by Crippen LogP contribution is 2.60. The molecule has 7 atom stereocenters. The molecule has 28 heavy (non-hydrogen) atoms. The summed E-state index contributed by atoms with van der Waals surface area (Å²) in [6.07, 6.45) is 14.2. The Morgan fingerprint density at radius 1 is 1.21 bits per heavy atom. The molecule has 1 heterocycles. The summed E-state index contributed by atoms with van der Waals surface area (Å²) >= 11 is 0. The van der Waals surface area contributed by atoms with Gasteiger partial charge in [0.1, 0.15) is 0 Å². The molecule has 0 aromatic carbocycles. The van der Waals surface area contributed by atoms with E-state index < -0.39 is 12.2 Å². The zero-order valence-corrected chi connectivity index (χ0v) is 17.7. The summed E-state index contributed by atoms with van der Waals surface area (Å²) in [4.78, 5) is 0. The molecule has 2 N–H and O–H groups in total. The molecule has 156 valence electrons. The Hall–Kier alpha value is -0.900. The van der Waals surface area contributed by atoms with Crippen molar-refractivity contribution in [2.45, 2.75) is 89.9 Å². The van der Waals surface area contributed by atoms with E-state index in [-0.39, 0.29) is 0 Å². The summed E-state index contributed by atoms with van der Waals surface area (Å²) in [7, 11) is 0. The average Bonchev–Trinajstić information content (AvgIpc) is 3.42. The Labute approximate surface area is 170 Å². The van der Waals surface area contributed by atoms with E-state index in [1.165, 1.54) is 44.9 Å². The largest absolute Gasteiger partial charge is 0.388 e. The fraction of sp³-hybridized carbons (Fsp3) is 0.760. The van der Waals surface area contributed by atoms with E-state index in [1.807, 2.05) is 0 Å². The number of hydrogen-bond acceptors (Lipinski definition) is 3. The van der Waals surface area contributed by atoms with Crippen molar-refractivity contribution in [1.29, 1.82) is 0 Å². The monoisotopic (exact) mass is 386 g/mol. The van der Waals surface area contributed by atoms with Gasteiger partial charge in [-0.1, -0.05) is 43.7 Å². The van der Waals surface area contributed by atoms with E-state index in [2.05, 4.69) is 32.6 Å². The molecule has 4 aliphatic rings. The van der Waals surface area contributed by atoms with Crippen molar-refractivity contribution in [2.75, 3.05) is 6.61 Å². The maximum absolute atomic E-state index is 10.1. The van der Waals surface area contributed by atoms with E-state index in [0.29, 0.717) is 35.9 Å². The molecule has 3 saturated carbocycles. The second-order valence-electron chi connectivity index (χ2n) is 10.2. The van der Waals surface area contributed by atoms with Gasteiger partial charge in [0.25, 0.3) is 0 Å². The second-order valence-corrected chi connectivity index (χ2v) is 10.2. The van der Waals surface area contributed by atoms with Gasteiger partial charge in [0.2, 0.25) is 0 Å². The van der Waals surface area contributed by atoms with E-state index in [0.717, 1.165) is 24.0 Å². The number of aliphatic hydroxyl groups excluding tert-OH is 2. The normalized spacial score (nSPS) is 43.1.